The summed E-state index contributed by atoms with van der Waals surface area (Å²) >= 11 is 0. The first-order valence-corrected chi connectivity index (χ1v) is 11.9. The highest BCUT2D eigenvalue weighted by atomic mass is 16.5. The molecule has 6 nitrogen and oxygen atoms in total. The lowest BCUT2D eigenvalue weighted by atomic mass is 10.2. The molecule has 0 aromatic heterocycles. The molecule has 178 valence electrons. The second-order valence-electron chi connectivity index (χ2n) is 7.89. The average Bonchev–Trinajstić information content (AvgIpc) is 2.84. The highest BCUT2D eigenvalue weighted by Gasteiger charge is 2.01. The van der Waals surface area contributed by atoms with Gasteiger partial charge < -0.3 is 30.7 Å². The van der Waals surface area contributed by atoms with Crippen molar-refractivity contribution in [1.29, 1.82) is 0 Å². The molecule has 2 aromatic carbocycles. The van der Waals surface area contributed by atoms with E-state index in [0.717, 1.165) is 76.7 Å². The Morgan fingerprint density at radius 2 is 0.875 bits per heavy atom. The molecule has 0 bridgehead atoms. The van der Waals surface area contributed by atoms with E-state index >= 15 is 0 Å². The molecule has 0 spiro atoms. The monoisotopic (exact) mass is 442 g/mol. The van der Waals surface area contributed by atoms with Crippen LogP contribution in [0.1, 0.15) is 36.8 Å². The van der Waals surface area contributed by atoms with Gasteiger partial charge in [-0.25, -0.2) is 0 Å². The molecule has 32 heavy (non-hydrogen) atoms. The Bertz CT molecular complexity index is 665. The number of para-hydroxylation sites is 2. The molecule has 0 heterocycles. The van der Waals surface area contributed by atoms with Crippen LogP contribution in [0.4, 0.5) is 0 Å². The molecule has 0 aliphatic rings. The highest BCUT2D eigenvalue weighted by molar-refractivity contribution is 5.33. The van der Waals surface area contributed by atoms with E-state index in [2.05, 4.69) is 45.5 Å². The maximum absolute atomic E-state index is 5.38. The van der Waals surface area contributed by atoms with Crippen LogP contribution < -0.4 is 30.7 Å². The van der Waals surface area contributed by atoms with Crippen LogP contribution in [0.3, 0.4) is 0 Å². The van der Waals surface area contributed by atoms with Crippen LogP contribution in [0.25, 0.3) is 0 Å². The second-order valence-corrected chi connectivity index (χ2v) is 7.89. The maximum Gasteiger partial charge on any atom is 0.123 e. The quantitative estimate of drug-likeness (QED) is 0.250. The smallest absolute Gasteiger partial charge is 0.123 e. The molecule has 0 atom stereocenters. The van der Waals surface area contributed by atoms with Crippen LogP contribution in [-0.4, -0.2) is 53.5 Å². The van der Waals surface area contributed by atoms with Gasteiger partial charge in [0.25, 0.3) is 0 Å². The van der Waals surface area contributed by atoms with Crippen molar-refractivity contribution in [3.63, 3.8) is 0 Å². The summed E-state index contributed by atoms with van der Waals surface area (Å²) in [6.07, 6.45) is 4.70. The summed E-state index contributed by atoms with van der Waals surface area (Å²) in [6, 6.07) is 16.3. The SMILES string of the molecule is COc1ccccc1CNCCCNCCCCNCCCNCc1ccccc1OC. The van der Waals surface area contributed by atoms with E-state index < -0.39 is 0 Å². The molecule has 6 heteroatoms. The van der Waals surface area contributed by atoms with Gasteiger partial charge in [0.1, 0.15) is 11.5 Å². The predicted molar refractivity (Wildman–Crippen MR) is 134 cm³/mol. The number of unbranched alkanes of at least 4 members (excludes halogenated alkanes) is 1. The largest absolute Gasteiger partial charge is 0.496 e. The number of hydrogen-bond acceptors (Lipinski definition) is 6. The molecule has 0 radical (unpaired) electrons. The zero-order valence-electron chi connectivity index (χ0n) is 19.9. The van der Waals surface area contributed by atoms with E-state index in [1.54, 1.807) is 14.2 Å². The van der Waals surface area contributed by atoms with Gasteiger partial charge in [-0.2, -0.15) is 0 Å². The van der Waals surface area contributed by atoms with Crippen molar-refractivity contribution in [2.75, 3.05) is 53.5 Å². The van der Waals surface area contributed by atoms with E-state index in [4.69, 9.17) is 9.47 Å². The molecule has 2 aromatic rings. The Hall–Kier alpha value is -2.12. The first-order chi connectivity index (χ1) is 15.8. The molecule has 2 rings (SSSR count). The molecule has 0 fully saturated rings. The van der Waals surface area contributed by atoms with Gasteiger partial charge in [-0.05, 0) is 77.1 Å². The summed E-state index contributed by atoms with van der Waals surface area (Å²) < 4.78 is 10.8. The number of hydrogen-bond donors (Lipinski definition) is 4. The van der Waals surface area contributed by atoms with E-state index in [1.165, 1.54) is 24.0 Å². The van der Waals surface area contributed by atoms with Gasteiger partial charge in [-0.1, -0.05) is 36.4 Å². The molecule has 0 saturated carbocycles. The van der Waals surface area contributed by atoms with Crippen molar-refractivity contribution in [3.8, 4) is 11.5 Å². The van der Waals surface area contributed by atoms with Crippen molar-refractivity contribution < 1.29 is 9.47 Å². The number of nitrogens with one attached hydrogen (secondary N) is 4. The summed E-state index contributed by atoms with van der Waals surface area (Å²) in [5.74, 6) is 1.91. The molecule has 0 saturated heterocycles. The van der Waals surface area contributed by atoms with Gasteiger partial charge in [-0.3, -0.25) is 0 Å². The third-order valence-corrected chi connectivity index (χ3v) is 5.39. The Morgan fingerprint density at radius 1 is 0.500 bits per heavy atom. The Morgan fingerprint density at radius 3 is 1.31 bits per heavy atom. The first-order valence-electron chi connectivity index (χ1n) is 11.9. The minimum Gasteiger partial charge on any atom is -0.496 e. The van der Waals surface area contributed by atoms with Gasteiger partial charge in [-0.15, -0.1) is 0 Å². The second kappa shape index (κ2) is 17.4. The van der Waals surface area contributed by atoms with Crippen LogP contribution >= 0.6 is 0 Å². The van der Waals surface area contributed by atoms with Crippen molar-refractivity contribution in [1.82, 2.24) is 21.3 Å². The Labute approximate surface area is 194 Å². The summed E-state index contributed by atoms with van der Waals surface area (Å²) in [7, 11) is 3.45. The zero-order valence-corrected chi connectivity index (χ0v) is 19.9. The minimum absolute atomic E-state index is 0.853. The maximum atomic E-state index is 5.38. The Balaban J connectivity index is 1.32. The Kier molecular flexibility index (Phi) is 14.2. The third kappa shape index (κ3) is 11.0. The third-order valence-electron chi connectivity index (χ3n) is 5.39. The van der Waals surface area contributed by atoms with Gasteiger partial charge >= 0.3 is 0 Å². The van der Waals surface area contributed by atoms with Crippen LogP contribution in [0, 0.1) is 0 Å². The predicted octanol–water partition coefficient (Wildman–Crippen LogP) is 3.32. The van der Waals surface area contributed by atoms with Crippen LogP contribution in [0.15, 0.2) is 48.5 Å². The van der Waals surface area contributed by atoms with Gasteiger partial charge in [0.05, 0.1) is 14.2 Å². The van der Waals surface area contributed by atoms with E-state index in [-0.39, 0.29) is 0 Å². The average molecular weight is 443 g/mol. The molecule has 0 aliphatic carbocycles. The number of benzene rings is 2. The summed E-state index contributed by atoms with van der Waals surface area (Å²) in [4.78, 5) is 0. The zero-order chi connectivity index (χ0) is 22.7. The van der Waals surface area contributed by atoms with E-state index in [9.17, 15) is 0 Å². The summed E-state index contributed by atoms with van der Waals surface area (Å²) in [6.45, 7) is 8.03. The van der Waals surface area contributed by atoms with Crippen molar-refractivity contribution in [2.24, 2.45) is 0 Å². The molecule has 0 aliphatic heterocycles. The molecule has 4 N–H and O–H groups in total. The van der Waals surface area contributed by atoms with Crippen molar-refractivity contribution >= 4 is 0 Å². The lowest BCUT2D eigenvalue weighted by Gasteiger charge is -2.10. The minimum atomic E-state index is 0.853. The highest BCUT2D eigenvalue weighted by Crippen LogP contribution is 2.17. The lowest BCUT2D eigenvalue weighted by molar-refractivity contribution is 0.407. The standard InChI is InChI=1S/C26H42N4O2/c1-31-25-13-5-3-11-23(25)21-29-19-9-17-27-15-7-8-16-28-18-10-20-30-22-24-12-4-6-14-26(24)32-2/h3-6,11-14,27-30H,7-10,15-22H2,1-2H3. The lowest BCUT2D eigenvalue weighted by Crippen LogP contribution is -2.24. The molecular weight excluding hydrogens is 400 g/mol. The fourth-order valence-corrected chi connectivity index (χ4v) is 3.57. The number of rotatable bonds is 19. The normalized spacial score (nSPS) is 10.9. The van der Waals surface area contributed by atoms with Crippen LogP contribution in [0.5, 0.6) is 11.5 Å². The van der Waals surface area contributed by atoms with Crippen LogP contribution in [-0.2, 0) is 13.1 Å². The molecule has 0 unspecified atom stereocenters. The fraction of sp³-hybridized carbons (Fsp3) is 0.538. The van der Waals surface area contributed by atoms with E-state index in [1.807, 2.05) is 24.3 Å². The van der Waals surface area contributed by atoms with Crippen molar-refractivity contribution in [3.05, 3.63) is 59.7 Å². The van der Waals surface area contributed by atoms with Gasteiger partial charge in [0.2, 0.25) is 0 Å². The van der Waals surface area contributed by atoms with Crippen molar-refractivity contribution in [2.45, 2.75) is 38.8 Å². The summed E-state index contributed by atoms with van der Waals surface area (Å²) in [5, 5.41) is 14.1. The van der Waals surface area contributed by atoms with Crippen LogP contribution in [0.2, 0.25) is 0 Å². The van der Waals surface area contributed by atoms with E-state index in [0.29, 0.717) is 0 Å². The molecular formula is C26H42N4O2. The number of methoxy groups -OCH3 is 2. The van der Waals surface area contributed by atoms with Gasteiger partial charge in [0.15, 0.2) is 0 Å². The molecule has 0 amide bonds. The first kappa shape index (κ1) is 26.1. The topological polar surface area (TPSA) is 66.6 Å². The van der Waals surface area contributed by atoms with Gasteiger partial charge in [0, 0.05) is 24.2 Å². The fourth-order valence-electron chi connectivity index (χ4n) is 3.57. The number of ether oxygens (including phenoxy) is 2. The summed E-state index contributed by atoms with van der Waals surface area (Å²) in [5.41, 5.74) is 2.42.